The standard InChI is InChI=1S/C12H19FO2Si/c1-15-11-6-5-9(7-10(11)13)12(8-14)16(2,3)4/h5-7,12,14H,8H2,1-4H3. The number of aliphatic hydroxyl groups excluding tert-OH is 1. The van der Waals surface area contributed by atoms with Crippen LogP contribution < -0.4 is 4.74 Å². The molecule has 1 aromatic rings. The van der Waals surface area contributed by atoms with E-state index in [2.05, 4.69) is 19.6 Å². The Balaban J connectivity index is 3.08. The van der Waals surface area contributed by atoms with Gasteiger partial charge in [-0.05, 0) is 17.7 Å². The van der Waals surface area contributed by atoms with Crippen molar-refractivity contribution >= 4 is 8.07 Å². The maximum atomic E-state index is 13.5. The largest absolute Gasteiger partial charge is 0.494 e. The lowest BCUT2D eigenvalue weighted by Gasteiger charge is -2.27. The molecule has 0 amide bonds. The Morgan fingerprint density at radius 1 is 1.38 bits per heavy atom. The number of hydrogen-bond donors (Lipinski definition) is 1. The fourth-order valence-electron chi connectivity index (χ4n) is 1.78. The Hall–Kier alpha value is -0.873. The van der Waals surface area contributed by atoms with Gasteiger partial charge in [0.15, 0.2) is 11.6 Å². The van der Waals surface area contributed by atoms with Crippen molar-refractivity contribution in [2.24, 2.45) is 0 Å². The molecule has 1 N–H and O–H groups in total. The van der Waals surface area contributed by atoms with Gasteiger partial charge < -0.3 is 9.84 Å². The normalized spacial score (nSPS) is 13.6. The second-order valence-corrected chi connectivity index (χ2v) is 10.4. The van der Waals surface area contributed by atoms with Crippen LogP contribution >= 0.6 is 0 Å². The molecule has 0 aliphatic heterocycles. The molecule has 1 aromatic carbocycles. The maximum Gasteiger partial charge on any atom is 0.165 e. The fourth-order valence-corrected chi connectivity index (χ4v) is 3.51. The smallest absolute Gasteiger partial charge is 0.165 e. The Bertz CT molecular complexity index is 361. The van der Waals surface area contributed by atoms with Crippen molar-refractivity contribution in [3.63, 3.8) is 0 Å². The highest BCUT2D eigenvalue weighted by atomic mass is 28.3. The Morgan fingerprint density at radius 3 is 2.38 bits per heavy atom. The van der Waals surface area contributed by atoms with Crippen LogP contribution in [-0.4, -0.2) is 26.9 Å². The third-order valence-corrected chi connectivity index (χ3v) is 5.41. The summed E-state index contributed by atoms with van der Waals surface area (Å²) in [4.78, 5) is 0. The minimum Gasteiger partial charge on any atom is -0.494 e. The van der Waals surface area contributed by atoms with Crippen molar-refractivity contribution in [1.82, 2.24) is 0 Å². The van der Waals surface area contributed by atoms with E-state index in [4.69, 9.17) is 4.74 Å². The van der Waals surface area contributed by atoms with Crippen LogP contribution in [0, 0.1) is 5.82 Å². The third kappa shape index (κ3) is 2.83. The third-order valence-electron chi connectivity index (χ3n) is 2.81. The van der Waals surface area contributed by atoms with E-state index in [1.54, 1.807) is 6.07 Å². The highest BCUT2D eigenvalue weighted by Crippen LogP contribution is 2.29. The molecule has 0 saturated heterocycles. The summed E-state index contributed by atoms with van der Waals surface area (Å²) in [7, 11) is -0.0909. The van der Waals surface area contributed by atoms with Crippen LogP contribution in [-0.2, 0) is 0 Å². The molecule has 0 spiro atoms. The van der Waals surface area contributed by atoms with Crippen LogP contribution in [0.25, 0.3) is 0 Å². The summed E-state index contributed by atoms with van der Waals surface area (Å²) in [5, 5.41) is 9.41. The van der Waals surface area contributed by atoms with E-state index >= 15 is 0 Å². The molecule has 16 heavy (non-hydrogen) atoms. The fraction of sp³-hybridized carbons (Fsp3) is 0.500. The van der Waals surface area contributed by atoms with Gasteiger partial charge in [0.1, 0.15) is 0 Å². The van der Waals surface area contributed by atoms with Gasteiger partial charge in [0.25, 0.3) is 0 Å². The summed E-state index contributed by atoms with van der Waals surface area (Å²) >= 11 is 0. The van der Waals surface area contributed by atoms with E-state index in [1.165, 1.54) is 13.2 Å². The molecule has 0 fully saturated rings. The van der Waals surface area contributed by atoms with Crippen LogP contribution in [0.5, 0.6) is 5.75 Å². The molecule has 0 radical (unpaired) electrons. The summed E-state index contributed by atoms with van der Waals surface area (Å²) in [5.74, 6) is -0.118. The van der Waals surface area contributed by atoms with E-state index in [0.717, 1.165) is 5.56 Å². The monoisotopic (exact) mass is 242 g/mol. The molecule has 2 nitrogen and oxygen atoms in total. The van der Waals surface area contributed by atoms with Gasteiger partial charge in [0.05, 0.1) is 15.2 Å². The number of rotatable bonds is 4. The maximum absolute atomic E-state index is 13.5. The first-order valence-corrected chi connectivity index (χ1v) is 8.92. The first-order valence-electron chi connectivity index (χ1n) is 5.34. The molecule has 90 valence electrons. The lowest BCUT2D eigenvalue weighted by Crippen LogP contribution is -2.33. The number of aliphatic hydroxyl groups is 1. The Labute approximate surface area is 97.1 Å². The molecule has 0 heterocycles. The lowest BCUT2D eigenvalue weighted by atomic mass is 10.1. The number of methoxy groups -OCH3 is 1. The second-order valence-electron chi connectivity index (χ2n) is 5.00. The molecule has 0 bridgehead atoms. The predicted octanol–water partition coefficient (Wildman–Crippen LogP) is 2.79. The first-order chi connectivity index (χ1) is 7.40. The number of hydrogen-bond acceptors (Lipinski definition) is 2. The van der Waals surface area contributed by atoms with E-state index < -0.39 is 8.07 Å². The topological polar surface area (TPSA) is 29.5 Å². The van der Waals surface area contributed by atoms with Crippen molar-refractivity contribution in [3.8, 4) is 5.75 Å². The number of ether oxygens (including phenoxy) is 1. The van der Waals surface area contributed by atoms with E-state index in [9.17, 15) is 9.50 Å². The average Bonchev–Trinajstić information content (AvgIpc) is 2.17. The van der Waals surface area contributed by atoms with Crippen LogP contribution in [0.4, 0.5) is 4.39 Å². The SMILES string of the molecule is COc1ccc(C(CO)[Si](C)(C)C)cc1F. The van der Waals surface area contributed by atoms with Gasteiger partial charge in [-0.25, -0.2) is 4.39 Å². The summed E-state index contributed by atoms with van der Waals surface area (Å²) < 4.78 is 18.4. The Morgan fingerprint density at radius 2 is 2.00 bits per heavy atom. The van der Waals surface area contributed by atoms with Gasteiger partial charge in [-0.15, -0.1) is 0 Å². The summed E-state index contributed by atoms with van der Waals surface area (Å²) in [5.41, 5.74) is 0.924. The summed E-state index contributed by atoms with van der Waals surface area (Å²) in [6, 6.07) is 4.92. The van der Waals surface area contributed by atoms with Gasteiger partial charge in [-0.3, -0.25) is 0 Å². The van der Waals surface area contributed by atoms with Gasteiger partial charge >= 0.3 is 0 Å². The highest BCUT2D eigenvalue weighted by molar-refractivity contribution is 6.77. The molecule has 4 heteroatoms. The number of halogens is 1. The molecule has 1 atom stereocenters. The minimum atomic E-state index is -1.54. The Kier molecular flexibility index (Phi) is 4.10. The zero-order valence-corrected chi connectivity index (χ0v) is 11.2. The molecule has 0 aliphatic rings. The van der Waals surface area contributed by atoms with Crippen LogP contribution in [0.15, 0.2) is 18.2 Å². The van der Waals surface area contributed by atoms with E-state index in [-0.39, 0.29) is 23.7 Å². The minimum absolute atomic E-state index is 0.0629. The zero-order chi connectivity index (χ0) is 12.3. The van der Waals surface area contributed by atoms with Gasteiger partial charge in [0.2, 0.25) is 0 Å². The quantitative estimate of drug-likeness (QED) is 0.823. The van der Waals surface area contributed by atoms with Gasteiger partial charge in [0, 0.05) is 12.1 Å². The van der Waals surface area contributed by atoms with Crippen LogP contribution in [0.2, 0.25) is 19.6 Å². The summed E-state index contributed by atoms with van der Waals surface area (Å²) in [6.45, 7) is 6.56. The molecule has 0 aliphatic carbocycles. The van der Waals surface area contributed by atoms with Crippen molar-refractivity contribution in [2.45, 2.75) is 25.2 Å². The molecular formula is C12H19FO2Si. The molecule has 1 rings (SSSR count). The highest BCUT2D eigenvalue weighted by Gasteiger charge is 2.28. The van der Waals surface area contributed by atoms with Crippen LogP contribution in [0.3, 0.4) is 0 Å². The van der Waals surface area contributed by atoms with Crippen LogP contribution in [0.1, 0.15) is 11.1 Å². The second kappa shape index (κ2) is 4.97. The average molecular weight is 242 g/mol. The lowest BCUT2D eigenvalue weighted by molar-refractivity contribution is 0.290. The number of benzene rings is 1. The molecule has 1 unspecified atom stereocenters. The molecule has 0 saturated carbocycles. The predicted molar refractivity (Wildman–Crippen MR) is 66.1 cm³/mol. The van der Waals surface area contributed by atoms with Crippen molar-refractivity contribution < 1.29 is 14.2 Å². The first kappa shape index (κ1) is 13.2. The molecule has 0 aromatic heterocycles. The van der Waals surface area contributed by atoms with Gasteiger partial charge in [-0.2, -0.15) is 0 Å². The molecular weight excluding hydrogens is 223 g/mol. The van der Waals surface area contributed by atoms with E-state index in [0.29, 0.717) is 0 Å². The summed E-state index contributed by atoms with van der Waals surface area (Å²) in [6.07, 6.45) is 0. The van der Waals surface area contributed by atoms with Crippen molar-refractivity contribution in [2.75, 3.05) is 13.7 Å². The van der Waals surface area contributed by atoms with E-state index in [1.807, 2.05) is 6.07 Å². The zero-order valence-electron chi connectivity index (χ0n) is 10.2. The van der Waals surface area contributed by atoms with Crippen molar-refractivity contribution in [1.29, 1.82) is 0 Å². The van der Waals surface area contributed by atoms with Crippen molar-refractivity contribution in [3.05, 3.63) is 29.6 Å². The van der Waals surface area contributed by atoms with Gasteiger partial charge in [-0.1, -0.05) is 25.7 Å².